The number of likely N-dealkylation sites (N-methyl/N-ethyl adjacent to an activating group) is 1. The number of allylic oxidation sites excluding steroid dienone is 1. The molecule has 4 N–H and O–H groups in total. The molecule has 0 bridgehead atoms. The summed E-state index contributed by atoms with van der Waals surface area (Å²) in [7, 11) is 2.15. The molecule has 33 heavy (non-hydrogen) atoms. The van der Waals surface area contributed by atoms with E-state index in [2.05, 4.69) is 66.0 Å². The summed E-state index contributed by atoms with van der Waals surface area (Å²) in [5.41, 5.74) is 11.6. The summed E-state index contributed by atoms with van der Waals surface area (Å²) in [4.78, 5) is 17.3. The normalized spacial score (nSPS) is 20.2. The van der Waals surface area contributed by atoms with Crippen LogP contribution in [0.1, 0.15) is 55.0 Å². The minimum atomic E-state index is -0.0818. The molecule has 2 aromatic carbocycles. The molecule has 0 aliphatic carbocycles. The minimum absolute atomic E-state index is 0.0431. The summed E-state index contributed by atoms with van der Waals surface area (Å²) in [6.45, 7) is 8.45. The molecule has 1 unspecified atom stereocenters. The number of nitrogens with two attached hydrogens (primary N) is 1. The van der Waals surface area contributed by atoms with E-state index in [1.165, 1.54) is 11.1 Å². The highest BCUT2D eigenvalue weighted by molar-refractivity contribution is 5.93. The van der Waals surface area contributed by atoms with E-state index in [4.69, 9.17) is 5.84 Å². The van der Waals surface area contributed by atoms with Crippen molar-refractivity contribution < 1.29 is 4.79 Å². The zero-order valence-corrected chi connectivity index (χ0v) is 20.1. The Kier molecular flexibility index (Phi) is 6.86. The highest BCUT2D eigenvalue weighted by atomic mass is 16.2. The van der Waals surface area contributed by atoms with Gasteiger partial charge in [-0.2, -0.15) is 0 Å². The lowest BCUT2D eigenvalue weighted by atomic mass is 9.90. The molecular formula is C27H35N5O. The van der Waals surface area contributed by atoms with Crippen LogP contribution in [0.3, 0.4) is 0 Å². The van der Waals surface area contributed by atoms with Gasteiger partial charge in [0.15, 0.2) is 0 Å². The molecule has 0 radical (unpaired) electrons. The maximum absolute atomic E-state index is 13.0. The molecule has 6 heteroatoms. The predicted octanol–water partition coefficient (Wildman–Crippen LogP) is 3.95. The first-order valence-electron chi connectivity index (χ1n) is 11.7. The van der Waals surface area contributed by atoms with E-state index in [-0.39, 0.29) is 11.9 Å². The van der Waals surface area contributed by atoms with Gasteiger partial charge >= 0.3 is 0 Å². The van der Waals surface area contributed by atoms with E-state index in [1.807, 2.05) is 24.0 Å². The maximum Gasteiger partial charge on any atom is 0.224 e. The molecule has 1 atom stereocenters. The van der Waals surface area contributed by atoms with Crippen LogP contribution in [0.15, 0.2) is 54.2 Å². The second-order valence-corrected chi connectivity index (χ2v) is 9.15. The monoisotopic (exact) mass is 445 g/mol. The molecule has 0 aromatic heterocycles. The lowest BCUT2D eigenvalue weighted by Gasteiger charge is -2.32. The molecule has 174 valence electrons. The fourth-order valence-corrected chi connectivity index (χ4v) is 4.92. The van der Waals surface area contributed by atoms with Crippen LogP contribution in [0.4, 0.5) is 5.69 Å². The molecule has 2 aliphatic heterocycles. The minimum Gasteiger partial charge on any atom is -0.383 e. The smallest absolute Gasteiger partial charge is 0.224 e. The number of anilines is 1. The van der Waals surface area contributed by atoms with Crippen molar-refractivity contribution in [3.8, 4) is 0 Å². The van der Waals surface area contributed by atoms with E-state index < -0.39 is 0 Å². The predicted molar refractivity (Wildman–Crippen MR) is 136 cm³/mol. The zero-order chi connectivity index (χ0) is 23.5. The second kappa shape index (κ2) is 9.81. The Labute approximate surface area is 197 Å². The number of hydrogen-bond acceptors (Lipinski definition) is 5. The summed E-state index contributed by atoms with van der Waals surface area (Å²) in [6, 6.07) is 14.8. The summed E-state index contributed by atoms with van der Waals surface area (Å²) >= 11 is 0. The first-order chi connectivity index (χ1) is 15.9. The van der Waals surface area contributed by atoms with Crippen LogP contribution in [0, 0.1) is 6.92 Å². The molecule has 2 aromatic rings. The number of hydrogen-bond donors (Lipinski definition) is 3. The average molecular weight is 446 g/mol. The van der Waals surface area contributed by atoms with Gasteiger partial charge in [-0.15, -0.1) is 0 Å². The Bertz CT molecular complexity index is 1100. The first kappa shape index (κ1) is 23.1. The maximum atomic E-state index is 13.0. The van der Waals surface area contributed by atoms with E-state index >= 15 is 0 Å². The van der Waals surface area contributed by atoms with Crippen molar-refractivity contribution in [2.24, 2.45) is 5.84 Å². The van der Waals surface area contributed by atoms with Crippen molar-refractivity contribution in [3.05, 3.63) is 76.5 Å². The topological polar surface area (TPSA) is 73.6 Å². The Morgan fingerprint density at radius 2 is 2.03 bits per heavy atom. The summed E-state index contributed by atoms with van der Waals surface area (Å²) in [5, 5.41) is 3.56. The summed E-state index contributed by atoms with van der Waals surface area (Å²) in [5.74, 6) is 5.84. The van der Waals surface area contributed by atoms with Crippen LogP contribution in [-0.2, 0) is 4.79 Å². The third-order valence-corrected chi connectivity index (χ3v) is 6.70. The van der Waals surface area contributed by atoms with Gasteiger partial charge in [0.2, 0.25) is 5.91 Å². The molecule has 2 heterocycles. The molecule has 0 saturated heterocycles. The van der Waals surface area contributed by atoms with Gasteiger partial charge in [-0.25, -0.2) is 0 Å². The van der Waals surface area contributed by atoms with Crippen molar-refractivity contribution in [1.82, 2.24) is 15.6 Å². The van der Waals surface area contributed by atoms with Gasteiger partial charge in [0.25, 0.3) is 0 Å². The highest BCUT2D eigenvalue weighted by Crippen LogP contribution is 2.38. The standard InChI is InChI=1S/C27H35N5O/c1-18-6-5-7-23(16-18)32(20(3)33)26-10-13-29-27(19(2)30-28)24-9-8-22(17-25(24)26)21-11-14-31(4)15-12-21/h5-9,11,16-17,26,29-30H,10,12-15,28H2,1-4H3/b27-19-. The van der Waals surface area contributed by atoms with Crippen molar-refractivity contribution in [2.45, 2.75) is 39.7 Å². The quantitative estimate of drug-likeness (QED) is 0.491. The number of carbonyl (C=O) groups excluding carboxylic acids is 1. The number of hydrazine groups is 1. The summed E-state index contributed by atoms with van der Waals surface area (Å²) < 4.78 is 0. The van der Waals surface area contributed by atoms with Gasteiger partial charge in [-0.3, -0.25) is 10.6 Å². The fraction of sp³-hybridized carbons (Fsp3) is 0.370. The Morgan fingerprint density at radius 1 is 1.21 bits per heavy atom. The SMILES string of the molecule is CC(=O)N(c1cccc(C)c1)C1CCN/C(=C(/C)NN)c2ccc(C3=CCN(C)CC3)cc21. The number of nitrogens with one attached hydrogen (secondary N) is 2. The van der Waals surface area contributed by atoms with Crippen molar-refractivity contribution in [3.63, 3.8) is 0 Å². The molecular weight excluding hydrogens is 410 g/mol. The number of nitrogens with zero attached hydrogens (tertiary/aromatic N) is 2. The molecule has 0 saturated carbocycles. The van der Waals surface area contributed by atoms with Crippen LogP contribution < -0.4 is 21.5 Å². The molecule has 6 nitrogen and oxygen atoms in total. The van der Waals surface area contributed by atoms with Crippen LogP contribution in [-0.4, -0.2) is 37.5 Å². The van der Waals surface area contributed by atoms with Gasteiger partial charge in [0, 0.05) is 43.5 Å². The Hall–Kier alpha value is -3.09. The highest BCUT2D eigenvalue weighted by Gasteiger charge is 2.30. The lowest BCUT2D eigenvalue weighted by molar-refractivity contribution is -0.117. The molecule has 4 rings (SSSR count). The van der Waals surface area contributed by atoms with Gasteiger partial charge < -0.3 is 20.5 Å². The number of carbonyl (C=O) groups is 1. The number of benzene rings is 2. The van der Waals surface area contributed by atoms with Gasteiger partial charge in [0.1, 0.15) is 0 Å². The number of aryl methyl sites for hydroxylation is 1. The first-order valence-corrected chi connectivity index (χ1v) is 11.7. The average Bonchev–Trinajstić information content (AvgIpc) is 2.98. The van der Waals surface area contributed by atoms with E-state index in [0.717, 1.165) is 66.2 Å². The van der Waals surface area contributed by atoms with Gasteiger partial charge in [-0.1, -0.05) is 30.3 Å². The fourth-order valence-electron chi connectivity index (χ4n) is 4.92. The van der Waals surface area contributed by atoms with E-state index in [0.29, 0.717) is 0 Å². The second-order valence-electron chi connectivity index (χ2n) is 9.15. The van der Waals surface area contributed by atoms with Crippen LogP contribution >= 0.6 is 0 Å². The van der Waals surface area contributed by atoms with Gasteiger partial charge in [-0.05, 0) is 74.2 Å². The van der Waals surface area contributed by atoms with Crippen molar-refractivity contribution in [1.29, 1.82) is 0 Å². The Balaban J connectivity index is 1.88. The molecule has 2 aliphatic rings. The van der Waals surface area contributed by atoms with Crippen LogP contribution in [0.25, 0.3) is 11.3 Å². The molecule has 0 spiro atoms. The zero-order valence-electron chi connectivity index (χ0n) is 20.1. The number of rotatable bonds is 4. The molecule has 0 fully saturated rings. The third-order valence-electron chi connectivity index (χ3n) is 6.70. The van der Waals surface area contributed by atoms with E-state index in [1.54, 1.807) is 6.92 Å². The van der Waals surface area contributed by atoms with Crippen LogP contribution in [0.2, 0.25) is 0 Å². The van der Waals surface area contributed by atoms with Crippen molar-refractivity contribution in [2.75, 3.05) is 31.6 Å². The third kappa shape index (κ3) is 4.82. The van der Waals surface area contributed by atoms with Crippen LogP contribution in [0.5, 0.6) is 0 Å². The Morgan fingerprint density at radius 3 is 2.70 bits per heavy atom. The van der Waals surface area contributed by atoms with Gasteiger partial charge in [0.05, 0.1) is 11.7 Å². The number of amides is 1. The van der Waals surface area contributed by atoms with Crippen molar-refractivity contribution >= 4 is 22.9 Å². The lowest BCUT2D eigenvalue weighted by Crippen LogP contribution is -2.34. The summed E-state index contributed by atoms with van der Waals surface area (Å²) in [6.07, 6.45) is 4.15. The largest absolute Gasteiger partial charge is 0.383 e. The number of fused-ring (bicyclic) bond motifs is 1. The molecule has 1 amide bonds. The van der Waals surface area contributed by atoms with E-state index in [9.17, 15) is 4.79 Å².